The first-order valence-electron chi connectivity index (χ1n) is 8.53. The maximum absolute atomic E-state index is 12.2. The van der Waals surface area contributed by atoms with E-state index in [4.69, 9.17) is 9.47 Å². The van der Waals surface area contributed by atoms with Crippen LogP contribution in [0.15, 0.2) is 24.3 Å². The number of carbonyl (C=O) groups excluding carboxylic acids is 1. The van der Waals surface area contributed by atoms with Gasteiger partial charge in [0.2, 0.25) is 0 Å². The minimum atomic E-state index is -0.128. The second kappa shape index (κ2) is 10.2. The van der Waals surface area contributed by atoms with Gasteiger partial charge in [-0.15, -0.1) is 12.4 Å². The van der Waals surface area contributed by atoms with E-state index in [1.807, 2.05) is 24.3 Å². The van der Waals surface area contributed by atoms with Crippen molar-refractivity contribution in [3.05, 3.63) is 46.8 Å². The van der Waals surface area contributed by atoms with Crippen LogP contribution in [0.4, 0.5) is 0 Å². The Morgan fingerprint density at radius 3 is 2.88 bits per heavy atom. The third-order valence-corrected chi connectivity index (χ3v) is 4.20. The van der Waals surface area contributed by atoms with Crippen LogP contribution in [-0.2, 0) is 24.3 Å². The van der Waals surface area contributed by atoms with Crippen LogP contribution < -0.4 is 15.4 Å². The van der Waals surface area contributed by atoms with Gasteiger partial charge in [-0.25, -0.2) is 0 Å². The van der Waals surface area contributed by atoms with Gasteiger partial charge < -0.3 is 20.1 Å². The van der Waals surface area contributed by atoms with Crippen molar-refractivity contribution in [1.29, 1.82) is 0 Å². The lowest BCUT2D eigenvalue weighted by Crippen LogP contribution is -2.29. The molecule has 0 spiro atoms. The molecular weight excluding hydrogens is 356 g/mol. The van der Waals surface area contributed by atoms with Crippen molar-refractivity contribution in [1.82, 2.24) is 20.8 Å². The fourth-order valence-corrected chi connectivity index (χ4v) is 2.78. The van der Waals surface area contributed by atoms with Gasteiger partial charge in [0.1, 0.15) is 5.75 Å². The lowest BCUT2D eigenvalue weighted by Gasteiger charge is -2.12. The van der Waals surface area contributed by atoms with Gasteiger partial charge in [0.25, 0.3) is 5.91 Å². The molecule has 26 heavy (non-hydrogen) atoms. The number of carbonyl (C=O) groups is 1. The molecule has 7 nitrogen and oxygen atoms in total. The summed E-state index contributed by atoms with van der Waals surface area (Å²) in [7, 11) is 1.65. The Morgan fingerprint density at radius 2 is 2.12 bits per heavy atom. The molecule has 0 bridgehead atoms. The Morgan fingerprint density at radius 1 is 1.31 bits per heavy atom. The molecule has 3 N–H and O–H groups in total. The van der Waals surface area contributed by atoms with Crippen LogP contribution in [0.25, 0.3) is 0 Å². The highest BCUT2D eigenvalue weighted by Gasteiger charge is 2.20. The van der Waals surface area contributed by atoms with Crippen molar-refractivity contribution in [3.63, 3.8) is 0 Å². The van der Waals surface area contributed by atoms with E-state index in [-0.39, 0.29) is 18.3 Å². The van der Waals surface area contributed by atoms with Crippen molar-refractivity contribution in [2.45, 2.75) is 26.0 Å². The molecule has 3 rings (SSSR count). The Hall–Kier alpha value is -2.09. The number of aromatic nitrogens is 2. The Kier molecular flexibility index (Phi) is 7.90. The van der Waals surface area contributed by atoms with Crippen molar-refractivity contribution < 1.29 is 14.3 Å². The predicted molar refractivity (Wildman–Crippen MR) is 101 cm³/mol. The molecule has 0 atom stereocenters. The summed E-state index contributed by atoms with van der Waals surface area (Å²) in [4.78, 5) is 12.2. The highest BCUT2D eigenvalue weighted by molar-refractivity contribution is 5.94. The number of amides is 1. The second-order valence-electron chi connectivity index (χ2n) is 5.97. The predicted octanol–water partition coefficient (Wildman–Crippen LogP) is 1.82. The average Bonchev–Trinajstić information content (AvgIpc) is 3.09. The molecule has 1 aliphatic rings. The third-order valence-electron chi connectivity index (χ3n) is 4.20. The zero-order valence-corrected chi connectivity index (χ0v) is 15.7. The van der Waals surface area contributed by atoms with Crippen LogP contribution in [0.1, 0.15) is 33.7 Å². The van der Waals surface area contributed by atoms with Crippen LogP contribution >= 0.6 is 12.4 Å². The van der Waals surface area contributed by atoms with Crippen molar-refractivity contribution >= 4 is 18.3 Å². The summed E-state index contributed by atoms with van der Waals surface area (Å²) < 4.78 is 10.8. The minimum Gasteiger partial charge on any atom is -0.497 e. The number of hydrogen-bond acceptors (Lipinski definition) is 5. The minimum absolute atomic E-state index is 0. The SMILES string of the molecule is COc1ccc(COCCCNC(=O)c2n[nH]c3c2CNCC3)cc1.Cl. The number of methoxy groups -OCH3 is 1. The van der Waals surface area contributed by atoms with Crippen LogP contribution in [0.3, 0.4) is 0 Å². The molecule has 2 heterocycles. The average molecular weight is 381 g/mol. The van der Waals surface area contributed by atoms with Crippen LogP contribution in [0.2, 0.25) is 0 Å². The molecule has 2 aromatic rings. The van der Waals surface area contributed by atoms with E-state index in [1.54, 1.807) is 7.11 Å². The maximum Gasteiger partial charge on any atom is 0.272 e. The number of ether oxygens (including phenoxy) is 2. The summed E-state index contributed by atoms with van der Waals surface area (Å²) in [5.74, 6) is 0.707. The highest BCUT2D eigenvalue weighted by atomic mass is 35.5. The van der Waals surface area contributed by atoms with E-state index in [9.17, 15) is 4.79 Å². The molecule has 0 fully saturated rings. The number of nitrogens with one attached hydrogen (secondary N) is 3. The van der Waals surface area contributed by atoms with Crippen molar-refractivity contribution in [2.75, 3.05) is 26.8 Å². The molecule has 1 aliphatic heterocycles. The topological polar surface area (TPSA) is 88.3 Å². The van der Waals surface area contributed by atoms with Gasteiger partial charge in [0.15, 0.2) is 5.69 Å². The van der Waals surface area contributed by atoms with Gasteiger partial charge in [0.05, 0.1) is 13.7 Å². The van der Waals surface area contributed by atoms with E-state index in [2.05, 4.69) is 20.8 Å². The zero-order valence-electron chi connectivity index (χ0n) is 14.8. The smallest absolute Gasteiger partial charge is 0.272 e. The number of rotatable bonds is 8. The molecule has 0 saturated heterocycles. The standard InChI is InChI=1S/C18H24N4O3.ClH/c1-24-14-5-3-13(4-6-14)12-25-10-2-8-20-18(23)17-15-11-19-9-7-16(15)21-22-17;/h3-6,19H,2,7-12H2,1H3,(H,20,23)(H,21,22);1H. The van der Waals surface area contributed by atoms with Crippen LogP contribution in [0, 0.1) is 0 Å². The van der Waals surface area contributed by atoms with E-state index in [0.29, 0.717) is 32.0 Å². The second-order valence-corrected chi connectivity index (χ2v) is 5.97. The number of hydrogen-bond donors (Lipinski definition) is 3. The van der Waals surface area contributed by atoms with E-state index < -0.39 is 0 Å². The first-order valence-corrected chi connectivity index (χ1v) is 8.53. The molecule has 0 radical (unpaired) electrons. The molecule has 0 aliphatic carbocycles. The molecule has 8 heteroatoms. The van der Waals surface area contributed by atoms with E-state index >= 15 is 0 Å². The molecule has 1 amide bonds. The Balaban J connectivity index is 0.00000243. The molecule has 1 aromatic heterocycles. The number of nitrogens with zero attached hydrogens (tertiary/aromatic N) is 1. The number of fused-ring (bicyclic) bond motifs is 1. The molecule has 0 unspecified atom stereocenters. The maximum atomic E-state index is 12.2. The lowest BCUT2D eigenvalue weighted by molar-refractivity contribution is 0.0928. The summed E-state index contributed by atoms with van der Waals surface area (Å²) in [6.07, 6.45) is 1.64. The summed E-state index contributed by atoms with van der Waals surface area (Å²) in [5, 5.41) is 13.3. The third kappa shape index (κ3) is 5.20. The van der Waals surface area contributed by atoms with E-state index in [0.717, 1.165) is 42.0 Å². The highest BCUT2D eigenvalue weighted by Crippen LogP contribution is 2.15. The first kappa shape index (κ1) is 20.2. The van der Waals surface area contributed by atoms with Crippen LogP contribution in [-0.4, -0.2) is 42.9 Å². The number of benzene rings is 1. The number of aromatic amines is 1. The quantitative estimate of drug-likeness (QED) is 0.608. The molecule has 0 saturated carbocycles. The normalized spacial score (nSPS) is 12.8. The van der Waals surface area contributed by atoms with Gasteiger partial charge in [-0.1, -0.05) is 12.1 Å². The fourth-order valence-electron chi connectivity index (χ4n) is 2.78. The Bertz CT molecular complexity index is 703. The summed E-state index contributed by atoms with van der Waals surface area (Å²) >= 11 is 0. The van der Waals surface area contributed by atoms with Gasteiger partial charge in [-0.2, -0.15) is 5.10 Å². The summed E-state index contributed by atoms with van der Waals surface area (Å²) in [6.45, 7) is 3.32. The zero-order chi connectivity index (χ0) is 17.5. The number of halogens is 1. The van der Waals surface area contributed by atoms with E-state index in [1.165, 1.54) is 0 Å². The molecule has 1 aromatic carbocycles. The van der Waals surface area contributed by atoms with Gasteiger partial charge >= 0.3 is 0 Å². The summed E-state index contributed by atoms with van der Waals surface area (Å²) in [6, 6.07) is 7.79. The van der Waals surface area contributed by atoms with Gasteiger partial charge in [0, 0.05) is 43.9 Å². The van der Waals surface area contributed by atoms with Crippen molar-refractivity contribution in [2.24, 2.45) is 0 Å². The Labute approximate surface area is 159 Å². The van der Waals surface area contributed by atoms with Gasteiger partial charge in [-0.05, 0) is 24.1 Å². The molecular formula is C18H25ClN4O3. The molecule has 142 valence electrons. The fraction of sp³-hybridized carbons (Fsp3) is 0.444. The first-order chi connectivity index (χ1) is 12.3. The summed E-state index contributed by atoms with van der Waals surface area (Å²) in [5.41, 5.74) is 3.65. The van der Waals surface area contributed by atoms with Crippen molar-refractivity contribution in [3.8, 4) is 5.75 Å². The largest absolute Gasteiger partial charge is 0.497 e. The number of H-pyrrole nitrogens is 1. The monoisotopic (exact) mass is 380 g/mol. The lowest BCUT2D eigenvalue weighted by atomic mass is 10.1. The van der Waals surface area contributed by atoms with Crippen LogP contribution in [0.5, 0.6) is 5.75 Å². The van der Waals surface area contributed by atoms with Gasteiger partial charge in [-0.3, -0.25) is 9.89 Å².